The van der Waals surface area contributed by atoms with Crippen LogP contribution in [0.1, 0.15) is 33.9 Å². The number of benzene rings is 3. The summed E-state index contributed by atoms with van der Waals surface area (Å²) < 4.78 is 0. The molecule has 3 aliphatic rings. The number of hydrogen-bond acceptors (Lipinski definition) is 2. The predicted molar refractivity (Wildman–Crippen MR) is 112 cm³/mol. The molecule has 1 N–H and O–H groups in total. The number of rotatable bonds is 0. The number of hydrogen-bond donors (Lipinski definition) is 1. The van der Waals surface area contributed by atoms with Gasteiger partial charge in [-0.15, -0.1) is 0 Å². The molecule has 0 saturated carbocycles. The Bertz CT molecular complexity index is 1130. The summed E-state index contributed by atoms with van der Waals surface area (Å²) in [7, 11) is 0. The fourth-order valence-corrected chi connectivity index (χ4v) is 5.63. The number of carbonyl (C=O) groups is 1. The van der Waals surface area contributed by atoms with Gasteiger partial charge >= 0.3 is 0 Å². The lowest BCUT2D eigenvalue weighted by molar-refractivity contribution is -0.122. The van der Waals surface area contributed by atoms with E-state index in [0.717, 1.165) is 30.6 Å². The maximum atomic E-state index is 13.7. The number of carbonyl (C=O) groups excluding carboxylic acids is 1. The molecule has 0 saturated heterocycles. The molecule has 0 aromatic heterocycles. The highest BCUT2D eigenvalue weighted by molar-refractivity contribution is 6.08. The normalized spacial score (nSPS) is 24.2. The number of aryl methyl sites for hydroxylation is 1. The molecule has 0 aliphatic carbocycles. The van der Waals surface area contributed by atoms with Crippen LogP contribution in [0.2, 0.25) is 0 Å². The largest absolute Gasteiger partial charge is 0.362 e. The van der Waals surface area contributed by atoms with E-state index in [1.165, 1.54) is 27.9 Å². The maximum Gasteiger partial charge on any atom is 0.237 e. The van der Waals surface area contributed by atoms with Gasteiger partial charge in [0.25, 0.3) is 0 Å². The summed E-state index contributed by atoms with van der Waals surface area (Å²) in [6.07, 6.45) is 1.75. The molecule has 3 heteroatoms. The molecule has 3 nitrogen and oxygen atoms in total. The molecule has 0 fully saturated rings. The van der Waals surface area contributed by atoms with Crippen LogP contribution in [0, 0.1) is 6.92 Å². The Morgan fingerprint density at radius 3 is 2.68 bits per heavy atom. The molecule has 28 heavy (non-hydrogen) atoms. The topological polar surface area (TPSA) is 32.3 Å². The van der Waals surface area contributed by atoms with E-state index in [4.69, 9.17) is 0 Å². The quantitative estimate of drug-likeness (QED) is 0.633. The van der Waals surface area contributed by atoms with Crippen molar-refractivity contribution in [2.75, 3.05) is 16.8 Å². The first-order valence-corrected chi connectivity index (χ1v) is 10.0. The summed E-state index contributed by atoms with van der Waals surface area (Å²) in [5, 5.41) is 3.21. The van der Waals surface area contributed by atoms with E-state index in [1.807, 2.05) is 0 Å². The average molecular weight is 366 g/mol. The Kier molecular flexibility index (Phi) is 3.12. The van der Waals surface area contributed by atoms with Crippen LogP contribution in [0.25, 0.3) is 0 Å². The first kappa shape index (κ1) is 15.9. The number of amides is 1. The summed E-state index contributed by atoms with van der Waals surface area (Å²) in [6.45, 7) is 3.05. The first-order chi connectivity index (χ1) is 13.7. The second kappa shape index (κ2) is 5.48. The molecular weight excluding hydrogens is 344 g/mol. The second-order valence-electron chi connectivity index (χ2n) is 8.32. The Morgan fingerprint density at radius 2 is 1.79 bits per heavy atom. The molecule has 138 valence electrons. The van der Waals surface area contributed by atoms with Crippen LogP contribution in [-0.4, -0.2) is 12.5 Å². The van der Waals surface area contributed by atoms with Crippen molar-refractivity contribution in [3.05, 3.63) is 94.5 Å². The minimum atomic E-state index is -0.591. The molecule has 3 aliphatic heterocycles. The second-order valence-corrected chi connectivity index (χ2v) is 8.32. The van der Waals surface area contributed by atoms with Gasteiger partial charge in [-0.3, -0.25) is 4.79 Å². The highest BCUT2D eigenvalue weighted by Gasteiger charge is 2.58. The van der Waals surface area contributed by atoms with Crippen molar-refractivity contribution in [3.8, 4) is 0 Å². The zero-order valence-corrected chi connectivity index (χ0v) is 15.9. The Hall–Kier alpha value is -3.07. The van der Waals surface area contributed by atoms with E-state index in [2.05, 4.69) is 83.9 Å². The van der Waals surface area contributed by atoms with Gasteiger partial charge in [-0.25, -0.2) is 0 Å². The van der Waals surface area contributed by atoms with Crippen LogP contribution in [0.5, 0.6) is 0 Å². The SMILES string of the molecule is Cc1ccc2c(c1)[C@@]1(Cc3ccccc3N3CCc4ccccc4[C@@H]31)C(=O)N2. The number of anilines is 2. The van der Waals surface area contributed by atoms with Crippen molar-refractivity contribution in [2.45, 2.75) is 31.2 Å². The van der Waals surface area contributed by atoms with Gasteiger partial charge in [-0.2, -0.15) is 0 Å². The van der Waals surface area contributed by atoms with Crippen molar-refractivity contribution >= 4 is 17.3 Å². The molecule has 3 heterocycles. The van der Waals surface area contributed by atoms with Crippen molar-refractivity contribution in [1.29, 1.82) is 0 Å². The summed E-state index contributed by atoms with van der Waals surface area (Å²) in [4.78, 5) is 16.1. The van der Waals surface area contributed by atoms with E-state index in [-0.39, 0.29) is 11.9 Å². The molecule has 1 amide bonds. The van der Waals surface area contributed by atoms with Gasteiger partial charge < -0.3 is 10.2 Å². The molecule has 3 aromatic carbocycles. The summed E-state index contributed by atoms with van der Waals surface area (Å²) in [5.74, 6) is 0.134. The van der Waals surface area contributed by atoms with Gasteiger partial charge in [0.2, 0.25) is 5.91 Å². The Morgan fingerprint density at radius 1 is 1.00 bits per heavy atom. The Labute approximate surface area is 165 Å². The van der Waals surface area contributed by atoms with E-state index in [1.54, 1.807) is 0 Å². The van der Waals surface area contributed by atoms with Crippen LogP contribution in [0.15, 0.2) is 66.7 Å². The maximum absolute atomic E-state index is 13.7. The number of nitrogens with zero attached hydrogens (tertiary/aromatic N) is 1. The monoisotopic (exact) mass is 366 g/mol. The lowest BCUT2D eigenvalue weighted by atomic mass is 9.63. The molecular formula is C25H22N2O. The Balaban J connectivity index is 1.69. The van der Waals surface area contributed by atoms with Gasteiger partial charge in [0.05, 0.1) is 6.04 Å². The number of nitrogens with one attached hydrogen (secondary N) is 1. The minimum absolute atomic E-state index is 0.0235. The van der Waals surface area contributed by atoms with Gasteiger partial charge in [-0.05, 0) is 54.2 Å². The third-order valence-electron chi connectivity index (χ3n) is 6.83. The molecule has 6 rings (SSSR count). The summed E-state index contributed by atoms with van der Waals surface area (Å²) in [6, 6.07) is 23.7. The lowest BCUT2D eigenvalue weighted by Gasteiger charge is -2.51. The van der Waals surface area contributed by atoms with Crippen LogP contribution in [0.4, 0.5) is 11.4 Å². The fourth-order valence-electron chi connectivity index (χ4n) is 5.63. The van der Waals surface area contributed by atoms with E-state index in [9.17, 15) is 4.79 Å². The van der Waals surface area contributed by atoms with Gasteiger partial charge in [0.1, 0.15) is 5.41 Å². The van der Waals surface area contributed by atoms with Gasteiger partial charge in [-0.1, -0.05) is 60.2 Å². The van der Waals surface area contributed by atoms with Crippen molar-refractivity contribution < 1.29 is 4.79 Å². The third-order valence-corrected chi connectivity index (χ3v) is 6.83. The molecule has 3 aromatic rings. The van der Waals surface area contributed by atoms with Crippen molar-refractivity contribution in [1.82, 2.24) is 0 Å². The zero-order valence-electron chi connectivity index (χ0n) is 15.9. The molecule has 2 atom stereocenters. The van der Waals surface area contributed by atoms with Crippen LogP contribution < -0.4 is 10.2 Å². The number of fused-ring (bicyclic) bond motifs is 8. The van der Waals surface area contributed by atoms with Crippen LogP contribution in [0.3, 0.4) is 0 Å². The van der Waals surface area contributed by atoms with E-state index >= 15 is 0 Å². The molecule has 1 spiro atoms. The zero-order chi connectivity index (χ0) is 18.9. The first-order valence-electron chi connectivity index (χ1n) is 10.0. The summed E-state index contributed by atoms with van der Waals surface area (Å²) >= 11 is 0. The lowest BCUT2D eigenvalue weighted by Crippen LogP contribution is -2.55. The highest BCUT2D eigenvalue weighted by Crippen LogP contribution is 2.57. The highest BCUT2D eigenvalue weighted by atomic mass is 16.2. The van der Waals surface area contributed by atoms with Gasteiger partial charge in [0.15, 0.2) is 0 Å². The predicted octanol–water partition coefficient (Wildman–Crippen LogP) is 4.55. The standard InChI is InChI=1S/C25H22N2O/c1-16-10-11-21-20(14-16)25(24(28)26-21)15-18-7-3-5-9-22(18)27-13-12-17-6-2-4-8-19(17)23(25)27/h2-11,14,23H,12-13,15H2,1H3,(H,26,28)/t23-,25-/m1/s1. The average Bonchev–Trinajstić information content (AvgIpc) is 2.99. The van der Waals surface area contributed by atoms with Crippen molar-refractivity contribution in [3.63, 3.8) is 0 Å². The third kappa shape index (κ3) is 1.91. The molecule has 0 unspecified atom stereocenters. The van der Waals surface area contributed by atoms with Crippen LogP contribution >= 0.6 is 0 Å². The van der Waals surface area contributed by atoms with Crippen molar-refractivity contribution in [2.24, 2.45) is 0 Å². The minimum Gasteiger partial charge on any atom is -0.362 e. The fraction of sp³-hybridized carbons (Fsp3) is 0.240. The summed E-state index contributed by atoms with van der Waals surface area (Å²) in [5.41, 5.74) is 7.95. The van der Waals surface area contributed by atoms with E-state index < -0.39 is 5.41 Å². The number of para-hydroxylation sites is 1. The smallest absolute Gasteiger partial charge is 0.237 e. The molecule has 0 bridgehead atoms. The molecule has 0 radical (unpaired) electrons. The van der Waals surface area contributed by atoms with E-state index in [0.29, 0.717) is 0 Å². The van der Waals surface area contributed by atoms with Crippen LogP contribution in [-0.2, 0) is 23.1 Å². The van der Waals surface area contributed by atoms with Gasteiger partial charge in [0, 0.05) is 17.9 Å².